The van der Waals surface area contributed by atoms with Crippen LogP contribution in [0.4, 0.5) is 0 Å². The predicted octanol–water partition coefficient (Wildman–Crippen LogP) is 1.96. The first-order valence-electron chi connectivity index (χ1n) is 2.41. The number of aliphatic hydroxyl groups excluding tert-OH is 1. The van der Waals surface area contributed by atoms with Crippen LogP contribution in [0.15, 0.2) is 0 Å². The average Bonchev–Trinajstić information content (AvgIpc) is 1.64. The molecule has 0 amide bonds. The lowest BCUT2D eigenvalue weighted by molar-refractivity contribution is 0.278. The first-order chi connectivity index (χ1) is 3.98. The average molecular weight is 362 g/mol. The number of hydrogen-bond acceptors (Lipinski definition) is 2. The molecule has 3 N–H and O–H groups in total. The third-order valence-corrected chi connectivity index (χ3v) is 2.62. The van der Waals surface area contributed by atoms with Crippen molar-refractivity contribution >= 4 is 60.2 Å². The second-order valence-corrected chi connectivity index (χ2v) is 8.61. The van der Waals surface area contributed by atoms with Gasteiger partial charge in [-0.05, 0) is 6.42 Å². The molecule has 0 rings (SSSR count). The molecule has 1 unspecified atom stereocenters. The Hall–Kier alpha value is 1.65. The van der Waals surface area contributed by atoms with Gasteiger partial charge in [-0.25, -0.2) is 0 Å². The number of hydrogen-bond donors (Lipinski definition) is 2. The Morgan fingerprint density at radius 1 is 1.40 bits per heavy atom. The maximum Gasteiger partial charge on any atom is 0.150 e. The molecule has 10 heavy (non-hydrogen) atoms. The molecule has 2 nitrogen and oxygen atoms in total. The zero-order valence-electron chi connectivity index (χ0n) is 5.06. The van der Waals surface area contributed by atoms with Crippen LogP contribution in [0.2, 0.25) is 0 Å². The van der Waals surface area contributed by atoms with Gasteiger partial charge in [0.25, 0.3) is 0 Å². The number of nitrogens with two attached hydrogens (primary N) is 1. The molecule has 0 aromatic rings. The van der Waals surface area contributed by atoms with E-state index in [-0.39, 0.29) is 25.1 Å². The van der Waals surface area contributed by atoms with E-state index in [1.54, 1.807) is 0 Å². The summed E-state index contributed by atoms with van der Waals surface area (Å²) < 4.78 is -0.435. The van der Waals surface area contributed by atoms with Gasteiger partial charge in [0, 0.05) is 12.6 Å². The van der Waals surface area contributed by atoms with Crippen LogP contribution in [-0.2, 0) is 0 Å². The van der Waals surface area contributed by atoms with Crippen molar-refractivity contribution in [2.75, 3.05) is 6.61 Å². The summed E-state index contributed by atoms with van der Waals surface area (Å²) in [6.07, 6.45) is 0.557. The van der Waals surface area contributed by atoms with Crippen molar-refractivity contribution in [1.82, 2.24) is 0 Å². The highest BCUT2D eigenvalue weighted by Crippen LogP contribution is 2.36. The summed E-state index contributed by atoms with van der Waals surface area (Å²) >= 11 is 9.73. The van der Waals surface area contributed by atoms with Crippen LogP contribution in [0.1, 0.15) is 6.42 Å². The van der Waals surface area contributed by atoms with Crippen molar-refractivity contribution in [2.45, 2.75) is 14.6 Å². The third-order valence-electron chi connectivity index (χ3n) is 0.861. The minimum absolute atomic E-state index is 0. The number of aliphatic hydroxyl groups is 1. The molecule has 0 aromatic carbocycles. The topological polar surface area (TPSA) is 46.2 Å². The summed E-state index contributed by atoms with van der Waals surface area (Å²) in [5.41, 5.74) is 5.56. The Balaban J connectivity index is 0. The van der Waals surface area contributed by atoms with Gasteiger partial charge in [-0.3, -0.25) is 0 Å². The van der Waals surface area contributed by atoms with Crippen molar-refractivity contribution in [3.05, 3.63) is 0 Å². The van der Waals surface area contributed by atoms with E-state index in [1.165, 1.54) is 0 Å². The molecular formula is C4H9Br3ClNO. The fourth-order valence-corrected chi connectivity index (χ4v) is 0.990. The molecule has 0 aliphatic carbocycles. The highest BCUT2D eigenvalue weighted by atomic mass is 80.0. The Labute approximate surface area is 91.7 Å². The lowest BCUT2D eigenvalue weighted by Gasteiger charge is -2.19. The molecule has 0 aliphatic heterocycles. The molecule has 0 aliphatic rings. The van der Waals surface area contributed by atoms with Crippen LogP contribution in [0.5, 0.6) is 0 Å². The Bertz CT molecular complexity index is 87.1. The summed E-state index contributed by atoms with van der Waals surface area (Å²) in [5.74, 6) is 0. The Kier molecular flexibility index (Phi) is 8.79. The maximum absolute atomic E-state index is 8.46. The minimum atomic E-state index is -0.435. The van der Waals surface area contributed by atoms with Crippen LogP contribution in [0, 0.1) is 0 Å². The lowest BCUT2D eigenvalue weighted by Crippen LogP contribution is -2.34. The molecule has 0 saturated carbocycles. The van der Waals surface area contributed by atoms with E-state index in [0.717, 1.165) is 0 Å². The summed E-state index contributed by atoms with van der Waals surface area (Å²) in [5, 5.41) is 8.46. The first kappa shape index (κ1) is 14.2. The second kappa shape index (κ2) is 6.20. The number of alkyl halides is 3. The monoisotopic (exact) mass is 359 g/mol. The molecule has 1 atom stereocenters. The molecule has 0 spiro atoms. The molecule has 0 saturated heterocycles. The second-order valence-electron chi connectivity index (χ2n) is 1.66. The summed E-state index contributed by atoms with van der Waals surface area (Å²) in [4.78, 5) is 0. The fourth-order valence-electron chi connectivity index (χ4n) is 0.303. The number of halogens is 4. The molecule has 6 heteroatoms. The van der Waals surface area contributed by atoms with E-state index in [9.17, 15) is 0 Å². The van der Waals surface area contributed by atoms with Crippen molar-refractivity contribution in [3.63, 3.8) is 0 Å². The van der Waals surface area contributed by atoms with Crippen LogP contribution in [0.3, 0.4) is 0 Å². The molecule has 64 valence electrons. The van der Waals surface area contributed by atoms with Crippen LogP contribution < -0.4 is 5.73 Å². The van der Waals surface area contributed by atoms with Crippen molar-refractivity contribution in [2.24, 2.45) is 5.73 Å². The Morgan fingerprint density at radius 3 is 1.90 bits per heavy atom. The smallest absolute Gasteiger partial charge is 0.150 e. The quantitative estimate of drug-likeness (QED) is 0.738. The summed E-state index contributed by atoms with van der Waals surface area (Å²) in [6.45, 7) is 0.103. The summed E-state index contributed by atoms with van der Waals surface area (Å²) in [7, 11) is 0. The highest BCUT2D eigenvalue weighted by molar-refractivity contribution is 9.39. The predicted molar refractivity (Wildman–Crippen MR) is 56.4 cm³/mol. The van der Waals surface area contributed by atoms with Crippen molar-refractivity contribution in [1.29, 1.82) is 0 Å². The van der Waals surface area contributed by atoms with E-state index in [2.05, 4.69) is 47.8 Å². The molecule has 0 aromatic heterocycles. The van der Waals surface area contributed by atoms with Gasteiger partial charge in [0.15, 0.2) is 0 Å². The molecule has 0 fully saturated rings. The van der Waals surface area contributed by atoms with E-state index >= 15 is 0 Å². The minimum Gasteiger partial charge on any atom is -0.396 e. The normalized spacial score (nSPS) is 14.1. The van der Waals surface area contributed by atoms with E-state index in [4.69, 9.17) is 10.8 Å². The molecular weight excluding hydrogens is 353 g/mol. The SMILES string of the molecule is Cl.NC(CCO)C(Br)(Br)Br. The third kappa shape index (κ3) is 6.37. The summed E-state index contributed by atoms with van der Waals surface area (Å²) in [6, 6.07) is -0.137. The van der Waals surface area contributed by atoms with Crippen molar-refractivity contribution in [3.8, 4) is 0 Å². The fraction of sp³-hybridized carbons (Fsp3) is 1.00. The largest absolute Gasteiger partial charge is 0.396 e. The zero-order chi connectivity index (χ0) is 7.49. The molecule has 0 heterocycles. The van der Waals surface area contributed by atoms with E-state index in [0.29, 0.717) is 6.42 Å². The highest BCUT2D eigenvalue weighted by Gasteiger charge is 2.26. The van der Waals surface area contributed by atoms with Gasteiger partial charge in [-0.1, -0.05) is 47.8 Å². The van der Waals surface area contributed by atoms with Gasteiger partial charge in [0.2, 0.25) is 0 Å². The Morgan fingerprint density at radius 2 is 1.80 bits per heavy atom. The first-order valence-corrected chi connectivity index (χ1v) is 4.79. The van der Waals surface area contributed by atoms with Gasteiger partial charge in [0.1, 0.15) is 2.14 Å². The van der Waals surface area contributed by atoms with Crippen LogP contribution in [-0.4, -0.2) is 19.9 Å². The number of rotatable bonds is 2. The van der Waals surface area contributed by atoms with Crippen LogP contribution >= 0.6 is 60.2 Å². The van der Waals surface area contributed by atoms with Crippen LogP contribution in [0.25, 0.3) is 0 Å². The van der Waals surface area contributed by atoms with Gasteiger partial charge >= 0.3 is 0 Å². The molecule has 0 bridgehead atoms. The van der Waals surface area contributed by atoms with Crippen molar-refractivity contribution < 1.29 is 5.11 Å². The van der Waals surface area contributed by atoms with Gasteiger partial charge in [0.05, 0.1) is 0 Å². The van der Waals surface area contributed by atoms with Gasteiger partial charge < -0.3 is 10.8 Å². The standard InChI is InChI=1S/C4H8Br3NO.ClH/c5-4(6,7)3(8)1-2-9;/h3,9H,1-2,8H2;1H. The van der Waals surface area contributed by atoms with E-state index < -0.39 is 2.14 Å². The molecule has 0 radical (unpaired) electrons. The van der Waals surface area contributed by atoms with Gasteiger partial charge in [-0.2, -0.15) is 0 Å². The van der Waals surface area contributed by atoms with E-state index in [1.807, 2.05) is 0 Å². The maximum atomic E-state index is 8.46. The van der Waals surface area contributed by atoms with Gasteiger partial charge in [-0.15, -0.1) is 12.4 Å². The zero-order valence-corrected chi connectivity index (χ0v) is 10.6. The lowest BCUT2D eigenvalue weighted by atomic mass is 10.3.